The van der Waals surface area contributed by atoms with Gasteiger partial charge in [-0.15, -0.1) is 5.10 Å². The molecule has 1 fully saturated rings. The molecule has 0 unspecified atom stereocenters. The fourth-order valence-electron chi connectivity index (χ4n) is 3.88. The molecular weight excluding hydrogens is 376 g/mol. The molecule has 7 heteroatoms. The van der Waals surface area contributed by atoms with E-state index < -0.39 is 0 Å². The van der Waals surface area contributed by atoms with E-state index in [1.54, 1.807) is 0 Å². The molecular formula is C21H25ClN4O2. The second-order valence-electron chi connectivity index (χ2n) is 7.56. The Hall–Kier alpha value is -2.34. The van der Waals surface area contributed by atoms with Crippen molar-refractivity contribution >= 4 is 23.3 Å². The number of anilines is 1. The van der Waals surface area contributed by atoms with Gasteiger partial charge in [-0.1, -0.05) is 11.6 Å². The van der Waals surface area contributed by atoms with Crippen molar-refractivity contribution in [3.63, 3.8) is 0 Å². The smallest absolute Gasteiger partial charge is 0.260 e. The molecule has 2 aliphatic rings. The van der Waals surface area contributed by atoms with E-state index in [0.717, 1.165) is 53.6 Å². The minimum atomic E-state index is 0.00458. The Balaban J connectivity index is 1.30. The van der Waals surface area contributed by atoms with E-state index in [9.17, 15) is 4.79 Å². The van der Waals surface area contributed by atoms with Crippen LogP contribution >= 0.6 is 11.6 Å². The number of fused-ring (bicyclic) bond motifs is 1. The van der Waals surface area contributed by atoms with Gasteiger partial charge in [0.1, 0.15) is 5.75 Å². The molecule has 0 spiro atoms. The molecule has 2 heterocycles. The average Bonchev–Trinajstić information content (AvgIpc) is 3.18. The number of halogens is 1. The fraction of sp³-hybridized carbons (Fsp3) is 0.476. The SMILES string of the molecule is Cc1cc(OCC(=O)N2CCN(c3cc4c(nn3)CCC4)CC2)cc(C)c1Cl. The van der Waals surface area contributed by atoms with Crippen LogP contribution in [0.25, 0.3) is 0 Å². The summed E-state index contributed by atoms with van der Waals surface area (Å²) < 4.78 is 5.71. The highest BCUT2D eigenvalue weighted by atomic mass is 35.5. The van der Waals surface area contributed by atoms with Crippen molar-refractivity contribution in [2.45, 2.75) is 33.1 Å². The Labute approximate surface area is 170 Å². The van der Waals surface area contributed by atoms with Crippen LogP contribution in [0.2, 0.25) is 5.02 Å². The number of amides is 1. The predicted octanol–water partition coefficient (Wildman–Crippen LogP) is 2.96. The summed E-state index contributed by atoms with van der Waals surface area (Å²) in [6, 6.07) is 5.90. The van der Waals surface area contributed by atoms with Gasteiger partial charge in [-0.3, -0.25) is 4.79 Å². The minimum absolute atomic E-state index is 0.00458. The van der Waals surface area contributed by atoms with Gasteiger partial charge in [-0.25, -0.2) is 0 Å². The highest BCUT2D eigenvalue weighted by molar-refractivity contribution is 6.32. The summed E-state index contributed by atoms with van der Waals surface area (Å²) in [5.41, 5.74) is 4.37. The molecule has 1 saturated heterocycles. The van der Waals surface area contributed by atoms with Crippen LogP contribution in [0, 0.1) is 13.8 Å². The Morgan fingerprint density at radius 3 is 2.50 bits per heavy atom. The molecule has 2 aromatic rings. The van der Waals surface area contributed by atoms with Crippen LogP contribution in [0.1, 0.15) is 28.8 Å². The van der Waals surface area contributed by atoms with Gasteiger partial charge >= 0.3 is 0 Å². The minimum Gasteiger partial charge on any atom is -0.484 e. The Bertz CT molecular complexity index is 871. The molecule has 1 aromatic carbocycles. The topological polar surface area (TPSA) is 58.6 Å². The summed E-state index contributed by atoms with van der Waals surface area (Å²) in [6.45, 7) is 6.77. The average molecular weight is 401 g/mol. The Kier molecular flexibility index (Phi) is 5.40. The van der Waals surface area contributed by atoms with Crippen molar-refractivity contribution in [3.8, 4) is 5.75 Å². The lowest BCUT2D eigenvalue weighted by Gasteiger charge is -2.35. The number of carbonyl (C=O) groups is 1. The van der Waals surface area contributed by atoms with Crippen molar-refractivity contribution in [2.75, 3.05) is 37.7 Å². The van der Waals surface area contributed by atoms with Gasteiger partial charge in [0.05, 0.1) is 5.69 Å². The molecule has 28 heavy (non-hydrogen) atoms. The quantitative estimate of drug-likeness (QED) is 0.789. The lowest BCUT2D eigenvalue weighted by Crippen LogP contribution is -2.50. The van der Waals surface area contributed by atoms with Crippen molar-refractivity contribution in [3.05, 3.63) is 45.6 Å². The Morgan fingerprint density at radius 1 is 1.07 bits per heavy atom. The molecule has 4 rings (SSSR count). The maximum absolute atomic E-state index is 12.5. The van der Waals surface area contributed by atoms with E-state index >= 15 is 0 Å². The largest absolute Gasteiger partial charge is 0.484 e. The van der Waals surface area contributed by atoms with E-state index in [0.29, 0.717) is 18.8 Å². The summed E-state index contributed by atoms with van der Waals surface area (Å²) in [7, 11) is 0. The number of aryl methyl sites for hydroxylation is 4. The number of hydrogen-bond acceptors (Lipinski definition) is 5. The van der Waals surface area contributed by atoms with Gasteiger partial charge in [-0.05, 0) is 68.0 Å². The fourth-order valence-corrected chi connectivity index (χ4v) is 3.99. The molecule has 0 saturated carbocycles. The third-order valence-corrected chi connectivity index (χ3v) is 6.13. The van der Waals surface area contributed by atoms with Crippen LogP contribution in [0.5, 0.6) is 5.75 Å². The van der Waals surface area contributed by atoms with Gasteiger partial charge < -0.3 is 14.5 Å². The van der Waals surface area contributed by atoms with Gasteiger partial charge in [0.2, 0.25) is 0 Å². The number of ether oxygens (including phenoxy) is 1. The lowest BCUT2D eigenvalue weighted by molar-refractivity contribution is -0.133. The van der Waals surface area contributed by atoms with Gasteiger partial charge in [0, 0.05) is 31.2 Å². The van der Waals surface area contributed by atoms with E-state index in [1.165, 1.54) is 12.0 Å². The van der Waals surface area contributed by atoms with Crippen LogP contribution in [0.3, 0.4) is 0 Å². The van der Waals surface area contributed by atoms with E-state index in [-0.39, 0.29) is 12.5 Å². The van der Waals surface area contributed by atoms with Gasteiger partial charge in [0.25, 0.3) is 5.91 Å². The molecule has 6 nitrogen and oxygen atoms in total. The first-order chi connectivity index (χ1) is 13.5. The molecule has 0 N–H and O–H groups in total. The second-order valence-corrected chi connectivity index (χ2v) is 7.93. The number of rotatable bonds is 4. The highest BCUT2D eigenvalue weighted by Gasteiger charge is 2.24. The van der Waals surface area contributed by atoms with Crippen molar-refractivity contribution in [2.24, 2.45) is 0 Å². The zero-order valence-corrected chi connectivity index (χ0v) is 17.1. The molecule has 148 valence electrons. The van der Waals surface area contributed by atoms with Crippen molar-refractivity contribution in [1.82, 2.24) is 15.1 Å². The second kappa shape index (κ2) is 7.95. The summed E-state index contributed by atoms with van der Waals surface area (Å²) in [5, 5.41) is 9.49. The number of nitrogens with zero attached hydrogens (tertiary/aromatic N) is 4. The van der Waals surface area contributed by atoms with Gasteiger partial charge in [-0.2, -0.15) is 5.10 Å². The first kappa shape index (κ1) is 19.0. The van der Waals surface area contributed by atoms with Crippen LogP contribution in [-0.2, 0) is 17.6 Å². The summed E-state index contributed by atoms with van der Waals surface area (Å²) in [6.07, 6.45) is 3.30. The Morgan fingerprint density at radius 2 is 1.79 bits per heavy atom. The number of aromatic nitrogens is 2. The summed E-state index contributed by atoms with van der Waals surface area (Å²) in [5.74, 6) is 1.61. The molecule has 0 bridgehead atoms. The molecule has 1 aliphatic carbocycles. The number of hydrogen-bond donors (Lipinski definition) is 0. The van der Waals surface area contributed by atoms with Crippen LogP contribution < -0.4 is 9.64 Å². The maximum atomic E-state index is 12.5. The first-order valence-electron chi connectivity index (χ1n) is 9.79. The monoisotopic (exact) mass is 400 g/mol. The molecule has 1 aliphatic heterocycles. The summed E-state index contributed by atoms with van der Waals surface area (Å²) >= 11 is 6.18. The van der Waals surface area contributed by atoms with Gasteiger partial charge in [0.15, 0.2) is 12.4 Å². The first-order valence-corrected chi connectivity index (χ1v) is 10.2. The van der Waals surface area contributed by atoms with Crippen molar-refractivity contribution < 1.29 is 9.53 Å². The number of carbonyl (C=O) groups excluding carboxylic acids is 1. The number of benzene rings is 1. The summed E-state index contributed by atoms with van der Waals surface area (Å²) in [4.78, 5) is 16.6. The number of piperazine rings is 1. The zero-order valence-electron chi connectivity index (χ0n) is 16.4. The molecule has 0 radical (unpaired) electrons. The van der Waals surface area contributed by atoms with Crippen LogP contribution in [-0.4, -0.2) is 53.8 Å². The normalized spacial score (nSPS) is 16.2. The molecule has 1 amide bonds. The third-order valence-electron chi connectivity index (χ3n) is 5.54. The zero-order chi connectivity index (χ0) is 19.7. The van der Waals surface area contributed by atoms with E-state index in [4.69, 9.17) is 16.3 Å². The third kappa shape index (κ3) is 3.92. The molecule has 1 aromatic heterocycles. The predicted molar refractivity (Wildman–Crippen MR) is 109 cm³/mol. The van der Waals surface area contributed by atoms with Crippen LogP contribution in [0.15, 0.2) is 18.2 Å². The molecule has 0 atom stereocenters. The van der Waals surface area contributed by atoms with E-state index in [2.05, 4.69) is 21.2 Å². The maximum Gasteiger partial charge on any atom is 0.260 e. The van der Waals surface area contributed by atoms with Crippen molar-refractivity contribution in [1.29, 1.82) is 0 Å². The van der Waals surface area contributed by atoms with E-state index in [1.807, 2.05) is 30.9 Å². The van der Waals surface area contributed by atoms with Crippen LogP contribution in [0.4, 0.5) is 5.82 Å². The highest BCUT2D eigenvalue weighted by Crippen LogP contribution is 2.26. The lowest BCUT2D eigenvalue weighted by atomic mass is 10.1. The standard InChI is InChI=1S/C21H25ClN4O2/c1-14-10-17(11-15(2)21(14)22)28-13-20(27)26-8-6-25(7-9-26)19-12-16-4-3-5-18(16)23-24-19/h10-12H,3-9,13H2,1-2H3.